The fraction of sp³-hybridized carbons (Fsp3) is 0.667. The minimum Gasteiger partial charge on any atom is -0.444 e. The van der Waals surface area contributed by atoms with E-state index < -0.39 is 56.0 Å². The number of amides is 1. The number of ether oxygens (including phenoxy) is 1. The zero-order valence-electron chi connectivity index (χ0n) is 25.7. The van der Waals surface area contributed by atoms with Gasteiger partial charge in [0.2, 0.25) is 0 Å². The van der Waals surface area contributed by atoms with Gasteiger partial charge in [-0.1, -0.05) is 15.9 Å². The summed E-state index contributed by atoms with van der Waals surface area (Å²) in [6.07, 6.45) is -1.53. The van der Waals surface area contributed by atoms with Gasteiger partial charge >= 0.3 is 13.2 Å². The average molecular weight is 475 g/mol. The van der Waals surface area contributed by atoms with Gasteiger partial charge < -0.3 is 23.8 Å². The lowest BCUT2D eigenvalue weighted by atomic mass is 9.79. The van der Waals surface area contributed by atoms with E-state index in [-0.39, 0.29) is 10.6 Å². The van der Waals surface area contributed by atoms with Crippen molar-refractivity contribution in [2.24, 2.45) is 0 Å². The first-order valence-corrected chi connectivity index (χ1v) is 10.1. The molecule has 2 heterocycles. The quantitative estimate of drug-likeness (QED) is 0.610. The first-order valence-electron chi connectivity index (χ1n) is 13.3. The van der Waals surface area contributed by atoms with Gasteiger partial charge in [0.1, 0.15) is 5.60 Å². The van der Waals surface area contributed by atoms with Crippen LogP contribution in [0.15, 0.2) is 22.7 Å². The molecule has 0 bridgehead atoms. The number of hydrogen-bond donors (Lipinski definition) is 0. The van der Waals surface area contributed by atoms with E-state index >= 15 is 0 Å². The van der Waals surface area contributed by atoms with Crippen molar-refractivity contribution >= 4 is 40.3 Å². The van der Waals surface area contributed by atoms with Crippen molar-refractivity contribution in [2.45, 2.75) is 65.3 Å². The summed E-state index contributed by atoms with van der Waals surface area (Å²) in [5.41, 5.74) is -2.37. The van der Waals surface area contributed by atoms with E-state index in [0.29, 0.717) is 14.8 Å². The summed E-state index contributed by atoms with van der Waals surface area (Å²) in [7, 11) is -0.908. The van der Waals surface area contributed by atoms with Gasteiger partial charge in [-0.05, 0) is 72.1 Å². The van der Waals surface area contributed by atoms with Crippen LogP contribution in [-0.2, 0) is 14.0 Å². The maximum Gasteiger partial charge on any atom is 0.494 e. The van der Waals surface area contributed by atoms with Gasteiger partial charge in [-0.25, -0.2) is 4.79 Å². The van der Waals surface area contributed by atoms with Crippen LogP contribution in [-0.4, -0.2) is 60.9 Å². The second-order valence-electron chi connectivity index (χ2n) is 8.93. The Bertz CT molecular complexity index is 1050. The highest BCUT2D eigenvalue weighted by Crippen LogP contribution is 2.37. The molecule has 1 amide bonds. The predicted octanol–water partition coefficient (Wildman–Crippen LogP) is 3.81. The molecular weight excluding hydrogens is 435 g/mol. The van der Waals surface area contributed by atoms with Crippen molar-refractivity contribution in [3.8, 4) is 0 Å². The third-order valence-electron chi connectivity index (χ3n) is 4.81. The summed E-state index contributed by atoms with van der Waals surface area (Å²) in [5, 5.41) is 0. The largest absolute Gasteiger partial charge is 0.494 e. The first kappa shape index (κ1) is 13.9. The highest BCUT2D eigenvalue weighted by molar-refractivity contribution is 9.10. The standard InChI is InChI=1S/C21H32BBrN2O4/c1-19(2,3)27-18(26)25-10-8-24(9-11-25)17-13-15(12-16(23)14-17)22-28-20(4,5)21(6,7)29-22/h12-14H,8-11H2,1-7H3/i8D2,9D2,10D2,11D2. The zero-order valence-corrected chi connectivity index (χ0v) is 19.3. The van der Waals surface area contributed by atoms with Gasteiger partial charge in [0.25, 0.3) is 0 Å². The Balaban J connectivity index is 2.16. The Morgan fingerprint density at radius 1 is 1.10 bits per heavy atom. The van der Waals surface area contributed by atoms with Crippen molar-refractivity contribution < 1.29 is 29.8 Å². The minimum absolute atomic E-state index is 0.130. The lowest BCUT2D eigenvalue weighted by molar-refractivity contribution is 0.00578. The van der Waals surface area contributed by atoms with Gasteiger partial charge in [0.05, 0.1) is 22.2 Å². The molecule has 0 N–H and O–H groups in total. The second-order valence-corrected chi connectivity index (χ2v) is 9.85. The van der Waals surface area contributed by atoms with Crippen molar-refractivity contribution in [3.63, 3.8) is 0 Å². The SMILES string of the molecule is [2H]C1([2H])N(C(=O)OC(C)(C)C)C([2H])([2H])C([2H])([2H])N(c2cc(Br)cc(B3OC(C)(C)C(C)(C)O3)c2)C1([2H])[2H]. The first-order chi connectivity index (χ1) is 16.3. The topological polar surface area (TPSA) is 51.2 Å². The van der Waals surface area contributed by atoms with Crippen molar-refractivity contribution in [1.82, 2.24) is 4.90 Å². The predicted molar refractivity (Wildman–Crippen MR) is 120 cm³/mol. The summed E-state index contributed by atoms with van der Waals surface area (Å²) in [6, 6.07) is 4.33. The molecule has 1 aromatic carbocycles. The second kappa shape index (κ2) is 7.78. The van der Waals surface area contributed by atoms with Crippen molar-refractivity contribution in [3.05, 3.63) is 22.7 Å². The highest BCUT2D eigenvalue weighted by Gasteiger charge is 2.51. The molecule has 2 aliphatic rings. The summed E-state index contributed by atoms with van der Waals surface area (Å²) < 4.78 is 86.4. The van der Waals surface area contributed by atoms with Crippen LogP contribution in [0, 0.1) is 0 Å². The van der Waals surface area contributed by atoms with Crippen LogP contribution in [0.3, 0.4) is 0 Å². The van der Waals surface area contributed by atoms with Gasteiger partial charge in [-0.15, -0.1) is 0 Å². The maximum atomic E-state index is 12.9. The number of piperazine rings is 1. The Kier molecular flexibility index (Phi) is 3.74. The Morgan fingerprint density at radius 3 is 2.17 bits per heavy atom. The number of benzene rings is 1. The minimum atomic E-state index is -3.36. The van der Waals surface area contributed by atoms with E-state index in [9.17, 15) is 4.79 Å². The van der Waals surface area contributed by atoms with E-state index in [1.165, 1.54) is 32.9 Å². The van der Waals surface area contributed by atoms with E-state index in [0.717, 1.165) is 0 Å². The normalized spacial score (nSPS) is 32.5. The molecule has 0 radical (unpaired) electrons. The number of anilines is 1. The molecule has 0 saturated carbocycles. The van der Waals surface area contributed by atoms with Crippen molar-refractivity contribution in [2.75, 3.05) is 30.9 Å². The summed E-state index contributed by atoms with van der Waals surface area (Å²) in [6.45, 7) is -1.40. The smallest absolute Gasteiger partial charge is 0.444 e. The Labute approximate surface area is 194 Å². The van der Waals surface area contributed by atoms with E-state index in [4.69, 9.17) is 25.0 Å². The Hall–Kier alpha value is -1.25. The van der Waals surface area contributed by atoms with Crippen LogP contribution < -0.4 is 10.4 Å². The molecule has 2 fully saturated rings. The van der Waals surface area contributed by atoms with Crippen LogP contribution in [0.2, 0.25) is 0 Å². The molecule has 2 aliphatic heterocycles. The van der Waals surface area contributed by atoms with E-state index in [1.54, 1.807) is 6.07 Å². The maximum absolute atomic E-state index is 12.9. The average Bonchev–Trinajstić information content (AvgIpc) is 2.85. The fourth-order valence-electron chi connectivity index (χ4n) is 2.62. The zero-order chi connectivity index (χ0) is 28.8. The third kappa shape index (κ3) is 5.09. The molecule has 1 aromatic rings. The molecule has 0 atom stereocenters. The van der Waals surface area contributed by atoms with Crippen LogP contribution in [0.1, 0.15) is 59.4 Å². The molecule has 29 heavy (non-hydrogen) atoms. The van der Waals surface area contributed by atoms with Crippen LogP contribution in [0.4, 0.5) is 10.5 Å². The summed E-state index contributed by atoms with van der Waals surface area (Å²) in [5.74, 6) is 0. The molecule has 0 spiro atoms. The van der Waals surface area contributed by atoms with Gasteiger partial charge in [0, 0.05) is 36.1 Å². The monoisotopic (exact) mass is 474 g/mol. The Morgan fingerprint density at radius 2 is 1.66 bits per heavy atom. The molecule has 160 valence electrons. The molecule has 0 aliphatic carbocycles. The number of nitrogens with zero attached hydrogens (tertiary/aromatic N) is 2. The molecule has 0 aromatic heterocycles. The molecular formula is C21H32BBrN2O4. The number of hydrogen-bond acceptors (Lipinski definition) is 5. The van der Waals surface area contributed by atoms with Gasteiger partial charge in [-0.2, -0.15) is 0 Å². The number of halogens is 1. The third-order valence-corrected chi connectivity index (χ3v) is 5.27. The molecule has 2 saturated heterocycles. The lowest BCUT2D eigenvalue weighted by Gasteiger charge is -2.37. The molecule has 8 heteroatoms. The summed E-state index contributed by atoms with van der Waals surface area (Å²) in [4.78, 5) is 13.1. The highest BCUT2D eigenvalue weighted by atomic mass is 79.9. The molecule has 0 unspecified atom stereocenters. The molecule has 3 rings (SSSR count). The number of carbonyl (C=O) groups is 1. The van der Waals surface area contributed by atoms with Crippen LogP contribution >= 0.6 is 15.9 Å². The lowest BCUT2D eigenvalue weighted by Crippen LogP contribution is -2.50. The fourth-order valence-corrected chi connectivity index (χ4v) is 3.12. The van der Waals surface area contributed by atoms with Crippen LogP contribution in [0.5, 0.6) is 0 Å². The van der Waals surface area contributed by atoms with Gasteiger partial charge in [0.15, 0.2) is 0 Å². The van der Waals surface area contributed by atoms with E-state index in [2.05, 4.69) is 15.9 Å². The van der Waals surface area contributed by atoms with E-state index in [1.807, 2.05) is 27.7 Å². The van der Waals surface area contributed by atoms with Crippen molar-refractivity contribution in [1.29, 1.82) is 0 Å². The molecule has 6 nitrogen and oxygen atoms in total. The summed E-state index contributed by atoms with van der Waals surface area (Å²) >= 11 is 3.33. The number of carbonyl (C=O) groups excluding carboxylic acids is 1. The van der Waals surface area contributed by atoms with Crippen LogP contribution in [0.25, 0.3) is 0 Å². The number of rotatable bonds is 2. The van der Waals surface area contributed by atoms with Gasteiger partial charge in [-0.3, -0.25) is 0 Å².